The van der Waals surface area contributed by atoms with Gasteiger partial charge in [-0.05, 0) is 48.9 Å². The van der Waals surface area contributed by atoms with Crippen molar-refractivity contribution in [2.75, 3.05) is 32.8 Å². The van der Waals surface area contributed by atoms with Crippen LogP contribution in [0.3, 0.4) is 0 Å². The SMILES string of the molecule is CCOc1ccc(-c2noc(CCC(=O)N3CCN(Cc4cccc(Cl)c4)CC3)n2)cc1. The average Bonchev–Trinajstić information content (AvgIpc) is 3.28. The molecule has 0 bridgehead atoms. The third-order valence-corrected chi connectivity index (χ3v) is 5.70. The van der Waals surface area contributed by atoms with Crippen LogP contribution in [0.25, 0.3) is 11.4 Å². The van der Waals surface area contributed by atoms with E-state index in [9.17, 15) is 4.79 Å². The lowest BCUT2D eigenvalue weighted by Gasteiger charge is -2.34. The fourth-order valence-electron chi connectivity index (χ4n) is 3.76. The lowest BCUT2D eigenvalue weighted by Crippen LogP contribution is -2.48. The maximum Gasteiger partial charge on any atom is 0.227 e. The molecule has 4 rings (SSSR count). The number of hydrogen-bond acceptors (Lipinski definition) is 6. The van der Waals surface area contributed by atoms with E-state index in [1.165, 1.54) is 5.56 Å². The molecule has 7 nitrogen and oxygen atoms in total. The summed E-state index contributed by atoms with van der Waals surface area (Å²) in [6.45, 7) is 6.56. The predicted molar refractivity (Wildman–Crippen MR) is 123 cm³/mol. The molecule has 168 valence electrons. The third-order valence-electron chi connectivity index (χ3n) is 5.46. The van der Waals surface area contributed by atoms with E-state index < -0.39 is 0 Å². The van der Waals surface area contributed by atoms with E-state index in [1.807, 2.05) is 54.3 Å². The highest BCUT2D eigenvalue weighted by Crippen LogP contribution is 2.20. The molecule has 0 radical (unpaired) electrons. The molecular weight excluding hydrogens is 428 g/mol. The molecule has 2 aromatic carbocycles. The molecule has 8 heteroatoms. The van der Waals surface area contributed by atoms with Crippen molar-refractivity contribution in [3.05, 3.63) is 65.0 Å². The van der Waals surface area contributed by atoms with Crippen molar-refractivity contribution < 1.29 is 14.1 Å². The van der Waals surface area contributed by atoms with Crippen LogP contribution < -0.4 is 4.74 Å². The van der Waals surface area contributed by atoms with E-state index in [0.29, 0.717) is 31.2 Å². The molecule has 0 saturated carbocycles. The zero-order valence-electron chi connectivity index (χ0n) is 18.2. The maximum absolute atomic E-state index is 12.6. The highest BCUT2D eigenvalue weighted by atomic mass is 35.5. The minimum atomic E-state index is 0.119. The summed E-state index contributed by atoms with van der Waals surface area (Å²) < 4.78 is 10.8. The molecule has 32 heavy (non-hydrogen) atoms. The maximum atomic E-state index is 12.6. The van der Waals surface area contributed by atoms with Crippen molar-refractivity contribution in [2.45, 2.75) is 26.3 Å². The van der Waals surface area contributed by atoms with Crippen LogP contribution in [0.1, 0.15) is 24.8 Å². The van der Waals surface area contributed by atoms with Gasteiger partial charge in [0, 0.05) is 56.2 Å². The predicted octanol–water partition coefficient (Wildman–Crippen LogP) is 4.07. The van der Waals surface area contributed by atoms with E-state index in [2.05, 4.69) is 21.1 Å². The van der Waals surface area contributed by atoms with Crippen molar-refractivity contribution >= 4 is 17.5 Å². The first-order valence-electron chi connectivity index (χ1n) is 10.9. The van der Waals surface area contributed by atoms with Crippen LogP contribution in [0.2, 0.25) is 5.02 Å². The van der Waals surface area contributed by atoms with Crippen LogP contribution in [0.5, 0.6) is 5.75 Å². The van der Waals surface area contributed by atoms with Gasteiger partial charge in [-0.25, -0.2) is 0 Å². The van der Waals surface area contributed by atoms with E-state index in [-0.39, 0.29) is 5.91 Å². The van der Waals surface area contributed by atoms with E-state index in [0.717, 1.165) is 49.1 Å². The number of carbonyl (C=O) groups excluding carboxylic acids is 1. The van der Waals surface area contributed by atoms with Gasteiger partial charge in [-0.2, -0.15) is 4.98 Å². The third kappa shape index (κ3) is 5.87. The highest BCUT2D eigenvalue weighted by molar-refractivity contribution is 6.30. The Labute approximate surface area is 192 Å². The van der Waals surface area contributed by atoms with Crippen molar-refractivity contribution in [1.29, 1.82) is 0 Å². The molecule has 0 unspecified atom stereocenters. The van der Waals surface area contributed by atoms with Gasteiger partial charge in [0.05, 0.1) is 6.61 Å². The second-order valence-corrected chi connectivity index (χ2v) is 8.19. The first-order chi connectivity index (χ1) is 15.6. The molecule has 0 aliphatic carbocycles. The van der Waals surface area contributed by atoms with Gasteiger partial charge >= 0.3 is 0 Å². The largest absolute Gasteiger partial charge is 0.494 e. The Bertz CT molecular complexity index is 1030. The Hall–Kier alpha value is -2.90. The lowest BCUT2D eigenvalue weighted by atomic mass is 10.2. The van der Waals surface area contributed by atoms with Gasteiger partial charge in [0.1, 0.15) is 5.75 Å². The number of ether oxygens (including phenoxy) is 1. The molecule has 3 aromatic rings. The van der Waals surface area contributed by atoms with Gasteiger partial charge in [0.2, 0.25) is 17.6 Å². The van der Waals surface area contributed by atoms with Crippen molar-refractivity contribution in [1.82, 2.24) is 19.9 Å². The summed E-state index contributed by atoms with van der Waals surface area (Å²) in [4.78, 5) is 21.3. The molecule has 1 amide bonds. The van der Waals surface area contributed by atoms with Gasteiger partial charge in [-0.15, -0.1) is 0 Å². The number of nitrogens with zero attached hydrogens (tertiary/aromatic N) is 4. The Kier molecular flexibility index (Phi) is 7.39. The molecule has 0 atom stereocenters. The van der Waals surface area contributed by atoms with E-state index in [1.54, 1.807) is 0 Å². The summed E-state index contributed by atoms with van der Waals surface area (Å²) in [7, 11) is 0. The monoisotopic (exact) mass is 454 g/mol. The van der Waals surface area contributed by atoms with Crippen LogP contribution >= 0.6 is 11.6 Å². The number of amides is 1. The first-order valence-corrected chi connectivity index (χ1v) is 11.3. The van der Waals surface area contributed by atoms with Gasteiger partial charge in [-0.1, -0.05) is 28.9 Å². The summed E-state index contributed by atoms with van der Waals surface area (Å²) in [6, 6.07) is 15.5. The lowest BCUT2D eigenvalue weighted by molar-refractivity contribution is -0.133. The van der Waals surface area contributed by atoms with Gasteiger partial charge in [-0.3, -0.25) is 9.69 Å². The summed E-state index contributed by atoms with van der Waals surface area (Å²) in [5.74, 6) is 1.92. The van der Waals surface area contributed by atoms with Gasteiger partial charge < -0.3 is 14.2 Å². The quantitative estimate of drug-likeness (QED) is 0.511. The highest BCUT2D eigenvalue weighted by Gasteiger charge is 2.21. The number of aryl methyl sites for hydroxylation is 1. The van der Waals surface area contributed by atoms with Gasteiger partial charge in [0.25, 0.3) is 0 Å². The van der Waals surface area contributed by atoms with Crippen LogP contribution in [-0.2, 0) is 17.8 Å². The zero-order chi connectivity index (χ0) is 22.3. The number of piperazine rings is 1. The molecule has 0 N–H and O–H groups in total. The summed E-state index contributed by atoms with van der Waals surface area (Å²) in [6.07, 6.45) is 0.796. The van der Waals surface area contributed by atoms with Crippen molar-refractivity contribution in [3.8, 4) is 17.1 Å². The molecule has 1 aromatic heterocycles. The van der Waals surface area contributed by atoms with E-state index in [4.69, 9.17) is 20.9 Å². The Morgan fingerprint density at radius 3 is 2.62 bits per heavy atom. The summed E-state index contributed by atoms with van der Waals surface area (Å²) in [5, 5.41) is 4.79. The Morgan fingerprint density at radius 2 is 1.91 bits per heavy atom. The fraction of sp³-hybridized carbons (Fsp3) is 0.375. The van der Waals surface area contributed by atoms with E-state index >= 15 is 0 Å². The number of hydrogen-bond donors (Lipinski definition) is 0. The van der Waals surface area contributed by atoms with Crippen molar-refractivity contribution in [2.24, 2.45) is 0 Å². The van der Waals surface area contributed by atoms with Crippen LogP contribution in [0.4, 0.5) is 0 Å². The Balaban J connectivity index is 1.23. The molecular formula is C24H27ClN4O3. The Morgan fingerprint density at radius 1 is 1.12 bits per heavy atom. The normalized spacial score (nSPS) is 14.5. The number of aromatic nitrogens is 2. The molecule has 2 heterocycles. The molecule has 1 aliphatic rings. The molecule has 1 saturated heterocycles. The second kappa shape index (κ2) is 10.6. The van der Waals surface area contributed by atoms with Crippen molar-refractivity contribution in [3.63, 3.8) is 0 Å². The van der Waals surface area contributed by atoms with Crippen LogP contribution in [0.15, 0.2) is 53.1 Å². The topological polar surface area (TPSA) is 71.7 Å². The van der Waals surface area contributed by atoms with Crippen LogP contribution in [0, 0.1) is 0 Å². The minimum Gasteiger partial charge on any atom is -0.494 e. The summed E-state index contributed by atoms with van der Waals surface area (Å²) >= 11 is 6.07. The number of halogens is 1. The van der Waals surface area contributed by atoms with Crippen LogP contribution in [-0.4, -0.2) is 58.6 Å². The fourth-order valence-corrected chi connectivity index (χ4v) is 3.97. The average molecular weight is 455 g/mol. The zero-order valence-corrected chi connectivity index (χ0v) is 18.9. The summed E-state index contributed by atoms with van der Waals surface area (Å²) in [5.41, 5.74) is 2.04. The smallest absolute Gasteiger partial charge is 0.227 e. The number of carbonyl (C=O) groups is 1. The second-order valence-electron chi connectivity index (χ2n) is 7.76. The minimum absolute atomic E-state index is 0.119. The number of benzene rings is 2. The molecule has 1 fully saturated rings. The number of rotatable bonds is 8. The van der Waals surface area contributed by atoms with Gasteiger partial charge in [0.15, 0.2) is 0 Å². The molecule has 1 aliphatic heterocycles. The standard InChI is InChI=1S/C24H27ClN4O3/c1-2-31-21-8-6-19(7-9-21)24-26-22(32-27-24)10-11-23(30)29-14-12-28(13-15-29)17-18-4-3-5-20(25)16-18/h3-9,16H,2,10-15,17H2,1H3. The molecule has 0 spiro atoms. The first kappa shape index (κ1) is 22.3.